The van der Waals surface area contributed by atoms with E-state index in [1.807, 2.05) is 48.5 Å². The van der Waals surface area contributed by atoms with Gasteiger partial charge in [0.2, 0.25) is 0 Å². The van der Waals surface area contributed by atoms with E-state index in [0.29, 0.717) is 0 Å². The number of ether oxygens (including phenoxy) is 1. The molecular formula is C24H24KMnN6O5-. The maximum absolute atomic E-state index is 7.50. The molecule has 37 heavy (non-hydrogen) atoms. The van der Waals surface area contributed by atoms with Crippen LogP contribution in [-0.2, 0) is 35.8 Å². The predicted molar refractivity (Wildman–Crippen MR) is 122 cm³/mol. The number of aliphatic hydroxyl groups is 1. The van der Waals surface area contributed by atoms with Crippen LogP contribution in [0.5, 0.6) is 0 Å². The standard InChI is InChI=1S/2C8H6N3.C4H8O.CH4O.3CO.K.Mn/c2*1-2-5-9-7(3-1)8-4-6-10-11-8;1-2-4-5-3-1;4*1-2;;/h2*1-6H;1-4H2;2H,1H3;;;;;/q2*-1;;;;;;+1;. The summed E-state index contributed by atoms with van der Waals surface area (Å²) in [6.07, 6.45) is 9.35. The SMILES string of the molecule is C1CCOC1.CO.[C-]#[O+].[C-]#[O+].[C-]#[O+].[K+].[Mn].c1ccc(-[c-]2ccnn2)nc1.c1ccc(-c2ccn[n-]2)nc1. The molecule has 1 aliphatic rings. The maximum atomic E-state index is 7.50. The minimum absolute atomic E-state index is 0. The normalized spacial score (nSPS) is 9.41. The third-order valence-corrected chi connectivity index (χ3v) is 3.61. The van der Waals surface area contributed by atoms with Crippen molar-refractivity contribution in [2.75, 3.05) is 20.3 Å². The molecule has 0 saturated carbocycles. The second-order valence-corrected chi connectivity index (χ2v) is 5.58. The number of aromatic nitrogens is 6. The van der Waals surface area contributed by atoms with Gasteiger partial charge in [-0.15, -0.1) is 18.2 Å². The molecule has 0 aromatic carbocycles. The van der Waals surface area contributed by atoms with Crippen LogP contribution in [0.2, 0.25) is 0 Å². The zero-order chi connectivity index (χ0) is 26.6. The molecule has 1 aliphatic heterocycles. The molecule has 1 radical (unpaired) electrons. The van der Waals surface area contributed by atoms with Gasteiger partial charge in [0.25, 0.3) is 0 Å². The number of rotatable bonds is 2. The van der Waals surface area contributed by atoms with Crippen LogP contribution in [0.1, 0.15) is 12.8 Å². The summed E-state index contributed by atoms with van der Waals surface area (Å²) in [4.78, 5) is 8.24. The molecule has 1 N–H and O–H groups in total. The minimum atomic E-state index is 0. The molecule has 5 rings (SSSR count). The molecule has 11 nitrogen and oxygen atoms in total. The van der Waals surface area contributed by atoms with Crippen LogP contribution in [0.15, 0.2) is 73.3 Å². The topological polar surface area (TPSA) is 168 Å². The zero-order valence-corrected chi connectivity index (χ0v) is 24.7. The van der Waals surface area contributed by atoms with E-state index in [1.54, 1.807) is 24.8 Å². The monoisotopic (exact) mass is 570 g/mol. The van der Waals surface area contributed by atoms with E-state index in [9.17, 15) is 0 Å². The molecule has 0 amide bonds. The third kappa shape index (κ3) is 20.7. The van der Waals surface area contributed by atoms with Crippen LogP contribution < -0.4 is 56.5 Å². The number of nitrogens with zero attached hydrogens (tertiary/aromatic N) is 6. The van der Waals surface area contributed by atoms with Crippen molar-refractivity contribution in [3.63, 3.8) is 0 Å². The molecule has 4 aromatic heterocycles. The molecule has 1 fully saturated rings. The van der Waals surface area contributed by atoms with Gasteiger partial charge in [-0.1, -0.05) is 23.9 Å². The van der Waals surface area contributed by atoms with Crippen molar-refractivity contribution in [1.29, 1.82) is 0 Å². The van der Waals surface area contributed by atoms with Crippen LogP contribution in [0.25, 0.3) is 22.8 Å². The fourth-order valence-corrected chi connectivity index (χ4v) is 2.28. The summed E-state index contributed by atoms with van der Waals surface area (Å²) < 4.78 is 27.4. The average molecular weight is 571 g/mol. The van der Waals surface area contributed by atoms with Crippen LogP contribution in [0, 0.1) is 20.0 Å². The van der Waals surface area contributed by atoms with E-state index in [4.69, 9.17) is 23.8 Å². The van der Waals surface area contributed by atoms with Gasteiger partial charge in [-0.05, 0) is 36.9 Å². The van der Waals surface area contributed by atoms with E-state index in [2.05, 4.69) is 50.3 Å². The van der Waals surface area contributed by atoms with Crippen LogP contribution >= 0.6 is 0 Å². The summed E-state index contributed by atoms with van der Waals surface area (Å²) in [5.74, 6) is 0. The molecule has 13 heteroatoms. The second-order valence-electron chi connectivity index (χ2n) is 5.58. The van der Waals surface area contributed by atoms with Crippen molar-refractivity contribution >= 4 is 0 Å². The fourth-order valence-electron chi connectivity index (χ4n) is 2.28. The number of hydrogen-bond acceptors (Lipinski definition) is 7. The first-order valence-corrected chi connectivity index (χ1v) is 9.79. The largest absolute Gasteiger partial charge is 1.00 e. The Balaban J connectivity index is -0.000000197. The zero-order valence-electron chi connectivity index (χ0n) is 20.4. The Kier molecular flexibility index (Phi) is 38.7. The van der Waals surface area contributed by atoms with Crippen molar-refractivity contribution in [3.8, 4) is 22.8 Å². The van der Waals surface area contributed by atoms with Crippen LogP contribution in [0.4, 0.5) is 0 Å². The summed E-state index contributed by atoms with van der Waals surface area (Å²) in [7, 11) is 1.00. The molecule has 4 aromatic rings. The second kappa shape index (κ2) is 34.0. The average Bonchev–Trinajstić information content (AvgIpc) is 3.80. The smallest absolute Gasteiger partial charge is 0.574 e. The quantitative estimate of drug-likeness (QED) is 0.194. The van der Waals surface area contributed by atoms with Gasteiger partial charge in [0.05, 0.1) is 0 Å². The fraction of sp³-hybridized carbons (Fsp3) is 0.208. The molecular weight excluding hydrogens is 546 g/mol. The Morgan fingerprint density at radius 2 is 1.43 bits per heavy atom. The van der Waals surface area contributed by atoms with Gasteiger partial charge in [0.1, 0.15) is 0 Å². The van der Waals surface area contributed by atoms with Crippen LogP contribution in [0.3, 0.4) is 0 Å². The Bertz CT molecular complexity index is 907. The molecule has 0 spiro atoms. The Hall–Kier alpha value is -1.98. The number of aliphatic hydroxyl groups excluding tert-OH is 1. The van der Waals surface area contributed by atoms with Gasteiger partial charge in [0.15, 0.2) is 0 Å². The molecule has 5 heterocycles. The van der Waals surface area contributed by atoms with E-state index in [0.717, 1.165) is 43.1 Å². The molecule has 0 aliphatic carbocycles. The summed E-state index contributed by atoms with van der Waals surface area (Å²) in [6, 6.07) is 15.1. The maximum Gasteiger partial charge on any atom is 1.00 e. The van der Waals surface area contributed by atoms with E-state index < -0.39 is 0 Å². The number of pyridine rings is 2. The molecule has 0 unspecified atom stereocenters. The Morgan fingerprint density at radius 3 is 1.81 bits per heavy atom. The summed E-state index contributed by atoms with van der Waals surface area (Å²) in [5, 5.41) is 22.2. The summed E-state index contributed by atoms with van der Waals surface area (Å²) in [5.41, 5.74) is 3.38. The van der Waals surface area contributed by atoms with Crippen molar-refractivity contribution in [2.24, 2.45) is 0 Å². The Labute approximate surface area is 269 Å². The molecule has 0 atom stereocenters. The minimum Gasteiger partial charge on any atom is -0.574 e. The van der Waals surface area contributed by atoms with Gasteiger partial charge >= 0.3 is 85.3 Å². The molecule has 189 valence electrons. The number of hydrogen-bond donors (Lipinski definition) is 1. The van der Waals surface area contributed by atoms with Crippen molar-refractivity contribution in [1.82, 2.24) is 30.4 Å². The van der Waals surface area contributed by atoms with E-state index >= 15 is 0 Å². The van der Waals surface area contributed by atoms with Crippen molar-refractivity contribution < 1.29 is 92.3 Å². The van der Waals surface area contributed by atoms with Gasteiger partial charge < -0.3 is 20.0 Å². The van der Waals surface area contributed by atoms with E-state index in [1.165, 1.54) is 12.8 Å². The molecule has 0 bridgehead atoms. The first-order valence-electron chi connectivity index (χ1n) is 9.79. The van der Waals surface area contributed by atoms with E-state index in [-0.39, 0.29) is 68.5 Å². The third-order valence-electron chi connectivity index (χ3n) is 3.61. The molecule has 1 saturated heterocycles. The van der Waals surface area contributed by atoms with Crippen molar-refractivity contribution in [2.45, 2.75) is 12.8 Å². The van der Waals surface area contributed by atoms with Gasteiger partial charge in [-0.3, -0.25) is 9.97 Å². The summed E-state index contributed by atoms with van der Waals surface area (Å²) >= 11 is 0. The summed E-state index contributed by atoms with van der Waals surface area (Å²) in [6.45, 7) is 15.5. The van der Waals surface area contributed by atoms with Crippen molar-refractivity contribution in [3.05, 3.63) is 93.3 Å². The Morgan fingerprint density at radius 1 is 0.838 bits per heavy atom. The van der Waals surface area contributed by atoms with Gasteiger partial charge in [-0.25, -0.2) is 10.2 Å². The predicted octanol–water partition coefficient (Wildman–Crippen LogP) is -0.347. The van der Waals surface area contributed by atoms with Gasteiger partial charge in [0, 0.05) is 67.4 Å². The first-order chi connectivity index (χ1) is 17.4. The van der Waals surface area contributed by atoms with Crippen LogP contribution in [-0.4, -0.2) is 50.7 Å². The van der Waals surface area contributed by atoms with Gasteiger partial charge in [-0.2, -0.15) is 0 Å². The first kappa shape index (κ1) is 42.1.